The van der Waals surface area contributed by atoms with Gasteiger partial charge < -0.3 is 10.5 Å². The molecule has 0 fully saturated rings. The van der Waals surface area contributed by atoms with E-state index in [1.165, 1.54) is 18.5 Å². The molecule has 172 valence electrons. The number of hydrogen-bond donors (Lipinski definition) is 1. The lowest BCUT2D eigenvalue weighted by Gasteiger charge is -2.16. The van der Waals surface area contributed by atoms with Crippen molar-refractivity contribution in [3.8, 4) is 22.8 Å². The zero-order valence-electron chi connectivity index (χ0n) is 18.9. The van der Waals surface area contributed by atoms with Crippen LogP contribution in [-0.2, 0) is 0 Å². The van der Waals surface area contributed by atoms with Gasteiger partial charge in [-0.2, -0.15) is 9.49 Å². The van der Waals surface area contributed by atoms with Crippen LogP contribution >= 0.6 is 0 Å². The van der Waals surface area contributed by atoms with E-state index in [2.05, 4.69) is 15.1 Å². The Kier molecular flexibility index (Phi) is 5.73. The average Bonchev–Trinajstić information content (AvgIpc) is 3.15. The summed E-state index contributed by atoms with van der Waals surface area (Å²) < 4.78 is 50.6. The van der Waals surface area contributed by atoms with Gasteiger partial charge in [-0.15, -0.1) is 0 Å². The van der Waals surface area contributed by atoms with Crippen molar-refractivity contribution in [2.45, 2.75) is 40.7 Å². The number of aryl methyl sites for hydroxylation is 1. The van der Waals surface area contributed by atoms with Gasteiger partial charge in [0.25, 0.3) is 0 Å². The molecule has 0 aliphatic heterocycles. The van der Waals surface area contributed by atoms with Crippen LogP contribution in [0.15, 0.2) is 30.6 Å². The highest BCUT2D eigenvalue weighted by atomic mass is 19.2. The lowest BCUT2D eigenvalue weighted by Crippen LogP contribution is -2.13. The van der Waals surface area contributed by atoms with Crippen molar-refractivity contribution in [2.24, 2.45) is 5.92 Å². The van der Waals surface area contributed by atoms with Crippen LogP contribution < -0.4 is 10.5 Å². The molecule has 0 bridgehead atoms. The zero-order chi connectivity index (χ0) is 24.0. The summed E-state index contributed by atoms with van der Waals surface area (Å²) in [5.74, 6) is -2.65. The minimum Gasteiger partial charge on any atom is -0.454 e. The van der Waals surface area contributed by atoms with Gasteiger partial charge in [0, 0.05) is 11.6 Å². The molecule has 1 unspecified atom stereocenters. The molecule has 9 heteroatoms. The Bertz CT molecular complexity index is 1340. The van der Waals surface area contributed by atoms with Gasteiger partial charge in [-0.1, -0.05) is 13.8 Å². The van der Waals surface area contributed by atoms with Crippen LogP contribution in [0.2, 0.25) is 0 Å². The molecule has 33 heavy (non-hydrogen) atoms. The Labute approximate surface area is 189 Å². The lowest BCUT2D eigenvalue weighted by molar-refractivity contribution is 0.384. The number of benzene rings is 2. The van der Waals surface area contributed by atoms with E-state index in [4.69, 9.17) is 10.5 Å². The van der Waals surface area contributed by atoms with Gasteiger partial charge in [0.15, 0.2) is 17.2 Å². The van der Waals surface area contributed by atoms with E-state index in [0.717, 1.165) is 12.1 Å². The predicted molar refractivity (Wildman–Crippen MR) is 121 cm³/mol. The van der Waals surface area contributed by atoms with Gasteiger partial charge in [-0.25, -0.2) is 23.4 Å². The fraction of sp³-hybridized carbons (Fsp3) is 0.292. The van der Waals surface area contributed by atoms with Crippen LogP contribution in [0.1, 0.15) is 37.9 Å². The SMILES string of the molecule is Cc1cc(F)c(F)c(Oc2ccc(-c3nn(C(C)C(C)C)c4ncnc(N)c34)c(F)c2)c1C. The van der Waals surface area contributed by atoms with Gasteiger partial charge >= 0.3 is 0 Å². The van der Waals surface area contributed by atoms with E-state index in [1.807, 2.05) is 20.8 Å². The Balaban J connectivity index is 1.81. The first-order valence-electron chi connectivity index (χ1n) is 10.5. The van der Waals surface area contributed by atoms with Crippen molar-refractivity contribution in [3.05, 3.63) is 59.2 Å². The Morgan fingerprint density at radius 2 is 1.73 bits per heavy atom. The predicted octanol–water partition coefficient (Wildman–Crippen LogP) is 6.12. The molecule has 0 aliphatic carbocycles. The molecular weight excluding hydrogens is 431 g/mol. The number of fused-ring (bicyclic) bond motifs is 1. The molecule has 4 rings (SSSR count). The highest BCUT2D eigenvalue weighted by Crippen LogP contribution is 2.37. The molecule has 0 saturated carbocycles. The van der Waals surface area contributed by atoms with E-state index >= 15 is 4.39 Å². The first-order valence-corrected chi connectivity index (χ1v) is 10.5. The van der Waals surface area contributed by atoms with Crippen LogP contribution in [0.3, 0.4) is 0 Å². The number of halogens is 3. The van der Waals surface area contributed by atoms with Crippen molar-refractivity contribution >= 4 is 16.9 Å². The zero-order valence-corrected chi connectivity index (χ0v) is 18.9. The van der Waals surface area contributed by atoms with Gasteiger partial charge in [-0.3, -0.25) is 0 Å². The van der Waals surface area contributed by atoms with Crippen LogP contribution in [0.5, 0.6) is 11.5 Å². The minimum atomic E-state index is -1.13. The monoisotopic (exact) mass is 455 g/mol. The van der Waals surface area contributed by atoms with Crippen LogP contribution in [-0.4, -0.2) is 19.7 Å². The third-order valence-electron chi connectivity index (χ3n) is 5.97. The van der Waals surface area contributed by atoms with Gasteiger partial charge in [-0.05, 0) is 56.0 Å². The Hall–Kier alpha value is -3.62. The molecule has 2 aromatic carbocycles. The first-order chi connectivity index (χ1) is 15.6. The summed E-state index contributed by atoms with van der Waals surface area (Å²) in [4.78, 5) is 8.35. The second-order valence-electron chi connectivity index (χ2n) is 8.42. The van der Waals surface area contributed by atoms with Crippen molar-refractivity contribution in [2.75, 3.05) is 5.73 Å². The fourth-order valence-electron chi connectivity index (χ4n) is 3.55. The molecule has 0 saturated heterocycles. The van der Waals surface area contributed by atoms with Crippen molar-refractivity contribution in [1.82, 2.24) is 19.7 Å². The summed E-state index contributed by atoms with van der Waals surface area (Å²) in [7, 11) is 0. The van der Waals surface area contributed by atoms with Crippen molar-refractivity contribution in [3.63, 3.8) is 0 Å². The molecule has 0 radical (unpaired) electrons. The number of ether oxygens (including phenoxy) is 1. The third-order valence-corrected chi connectivity index (χ3v) is 5.97. The quantitative estimate of drug-likeness (QED) is 0.392. The molecule has 0 amide bonds. The highest BCUT2D eigenvalue weighted by Gasteiger charge is 2.24. The minimum absolute atomic E-state index is 0.0201. The van der Waals surface area contributed by atoms with Crippen molar-refractivity contribution in [1.29, 1.82) is 0 Å². The third kappa shape index (κ3) is 3.88. The maximum absolute atomic E-state index is 15.2. The molecule has 2 N–H and O–H groups in total. The topological polar surface area (TPSA) is 78.8 Å². The number of aromatic nitrogens is 4. The summed E-state index contributed by atoms with van der Waals surface area (Å²) in [6.45, 7) is 9.33. The van der Waals surface area contributed by atoms with E-state index in [0.29, 0.717) is 27.9 Å². The van der Waals surface area contributed by atoms with Crippen LogP contribution in [0.25, 0.3) is 22.3 Å². The van der Waals surface area contributed by atoms with E-state index in [1.54, 1.807) is 18.5 Å². The smallest absolute Gasteiger partial charge is 0.201 e. The van der Waals surface area contributed by atoms with E-state index in [-0.39, 0.29) is 34.8 Å². The van der Waals surface area contributed by atoms with E-state index < -0.39 is 17.5 Å². The highest BCUT2D eigenvalue weighted by molar-refractivity contribution is 5.98. The van der Waals surface area contributed by atoms with Gasteiger partial charge in [0.2, 0.25) is 5.82 Å². The maximum Gasteiger partial charge on any atom is 0.201 e. The molecule has 0 spiro atoms. The normalized spacial score (nSPS) is 12.5. The standard InChI is InChI=1S/C24H24F3N5O/c1-11(2)14(5)32-24-19(23(28)29-10-30-24)21(31-32)16-7-6-15(9-17(16)25)33-22-13(4)12(3)8-18(26)20(22)27/h6-11,14H,1-5H3,(H2,28,29,30). The lowest BCUT2D eigenvalue weighted by atomic mass is 10.1. The summed E-state index contributed by atoms with van der Waals surface area (Å²) in [6.07, 6.45) is 1.35. The summed E-state index contributed by atoms with van der Waals surface area (Å²) in [5, 5.41) is 5.06. The van der Waals surface area contributed by atoms with Crippen molar-refractivity contribution < 1.29 is 17.9 Å². The molecule has 6 nitrogen and oxygen atoms in total. The van der Waals surface area contributed by atoms with Gasteiger partial charge in [0.1, 0.15) is 29.4 Å². The number of nitrogens with two attached hydrogens (primary N) is 1. The Morgan fingerprint density at radius 1 is 1.00 bits per heavy atom. The summed E-state index contributed by atoms with van der Waals surface area (Å²) in [5.41, 5.74) is 8.01. The number of hydrogen-bond acceptors (Lipinski definition) is 5. The van der Waals surface area contributed by atoms with Crippen LogP contribution in [0, 0.1) is 37.2 Å². The number of rotatable bonds is 5. The Morgan fingerprint density at radius 3 is 2.39 bits per heavy atom. The fourth-order valence-corrected chi connectivity index (χ4v) is 3.55. The first kappa shape index (κ1) is 22.6. The molecule has 2 heterocycles. The van der Waals surface area contributed by atoms with Gasteiger partial charge in [0.05, 0.1) is 11.4 Å². The summed E-state index contributed by atoms with van der Waals surface area (Å²) >= 11 is 0. The number of anilines is 1. The largest absolute Gasteiger partial charge is 0.454 e. The molecule has 4 aromatic rings. The summed E-state index contributed by atoms with van der Waals surface area (Å²) in [6, 6.07) is 5.10. The maximum atomic E-state index is 15.2. The van der Waals surface area contributed by atoms with Crippen LogP contribution in [0.4, 0.5) is 19.0 Å². The molecule has 1 atom stereocenters. The molecular formula is C24H24F3N5O. The number of nitrogens with zero attached hydrogens (tertiary/aromatic N) is 4. The molecule has 0 aliphatic rings. The molecule has 2 aromatic heterocycles. The second kappa shape index (κ2) is 8.38. The van der Waals surface area contributed by atoms with E-state index in [9.17, 15) is 8.78 Å². The second-order valence-corrected chi connectivity index (χ2v) is 8.42. The average molecular weight is 455 g/mol. The number of nitrogen functional groups attached to an aromatic ring is 1.